The summed E-state index contributed by atoms with van der Waals surface area (Å²) in [6.45, 7) is 0.896. The van der Waals surface area contributed by atoms with Crippen molar-refractivity contribution in [2.24, 2.45) is 0 Å². The minimum Gasteiger partial charge on any atom is -0.394 e. The highest BCUT2D eigenvalue weighted by molar-refractivity contribution is 5.57. The second kappa shape index (κ2) is 5.86. The predicted octanol–water partition coefficient (Wildman–Crippen LogP) is -0.0881. The average molecular weight is 318 g/mol. The lowest BCUT2D eigenvalue weighted by atomic mass is 9.96. The molecule has 7 nitrogen and oxygen atoms in total. The van der Waals surface area contributed by atoms with Crippen molar-refractivity contribution >= 4 is 0 Å². The Morgan fingerprint density at radius 3 is 2.57 bits per heavy atom. The van der Waals surface area contributed by atoms with E-state index in [-0.39, 0.29) is 0 Å². The van der Waals surface area contributed by atoms with Gasteiger partial charge in [0, 0.05) is 11.8 Å². The van der Waals surface area contributed by atoms with Crippen LogP contribution in [0, 0.1) is 0 Å². The first-order chi connectivity index (χ1) is 10.9. The molecule has 1 aromatic carbocycles. The summed E-state index contributed by atoms with van der Waals surface area (Å²) in [5.74, 6) is 0. The molecule has 1 unspecified atom stereocenters. The maximum Gasteiger partial charge on any atom is 0.350 e. The summed E-state index contributed by atoms with van der Waals surface area (Å²) in [4.78, 5) is 16.3. The van der Waals surface area contributed by atoms with Crippen molar-refractivity contribution in [3.8, 4) is 11.3 Å². The quantitative estimate of drug-likeness (QED) is 0.731. The minimum absolute atomic E-state index is 0.460. The number of ether oxygens (including phenoxy) is 1. The summed E-state index contributed by atoms with van der Waals surface area (Å²) in [7, 11) is 0. The SMILES string of the molecule is C[C@]1(O)C(n2ccc(-c3ccccc3)nc2=O)O[C@H](CO)[C@H]1O. The lowest BCUT2D eigenvalue weighted by Gasteiger charge is -2.27. The summed E-state index contributed by atoms with van der Waals surface area (Å²) in [6.07, 6.45) is -1.93. The maximum atomic E-state index is 12.3. The van der Waals surface area contributed by atoms with Gasteiger partial charge in [0.25, 0.3) is 0 Å². The highest BCUT2D eigenvalue weighted by Gasteiger charge is 2.53. The maximum absolute atomic E-state index is 12.3. The lowest BCUT2D eigenvalue weighted by molar-refractivity contribution is -0.0986. The van der Waals surface area contributed by atoms with E-state index in [1.54, 1.807) is 6.07 Å². The molecule has 1 saturated heterocycles. The van der Waals surface area contributed by atoms with E-state index in [1.165, 1.54) is 13.1 Å². The second-order valence-corrected chi connectivity index (χ2v) is 5.75. The van der Waals surface area contributed by atoms with Crippen LogP contribution in [0.3, 0.4) is 0 Å². The molecule has 3 rings (SSSR count). The fourth-order valence-corrected chi connectivity index (χ4v) is 2.75. The van der Waals surface area contributed by atoms with Gasteiger partial charge in [-0.25, -0.2) is 4.79 Å². The number of aliphatic hydroxyl groups excluding tert-OH is 2. The molecule has 0 saturated carbocycles. The van der Waals surface area contributed by atoms with Crippen LogP contribution >= 0.6 is 0 Å². The molecule has 23 heavy (non-hydrogen) atoms. The van der Waals surface area contributed by atoms with E-state index in [0.717, 1.165) is 10.1 Å². The zero-order valence-corrected chi connectivity index (χ0v) is 12.5. The van der Waals surface area contributed by atoms with Crippen LogP contribution in [0.4, 0.5) is 0 Å². The van der Waals surface area contributed by atoms with Crippen molar-refractivity contribution < 1.29 is 20.1 Å². The summed E-state index contributed by atoms with van der Waals surface area (Å²) >= 11 is 0. The fourth-order valence-electron chi connectivity index (χ4n) is 2.75. The molecule has 0 aliphatic carbocycles. The molecule has 1 aromatic heterocycles. The zero-order valence-electron chi connectivity index (χ0n) is 12.5. The molecular formula is C16H18N2O5. The molecule has 0 amide bonds. The number of rotatable bonds is 3. The van der Waals surface area contributed by atoms with Crippen molar-refractivity contribution in [2.45, 2.75) is 31.0 Å². The Bertz CT molecular complexity index is 744. The number of benzene rings is 1. The summed E-state index contributed by atoms with van der Waals surface area (Å²) < 4.78 is 6.54. The molecular weight excluding hydrogens is 300 g/mol. The van der Waals surface area contributed by atoms with Crippen LogP contribution in [-0.2, 0) is 4.74 Å². The number of nitrogens with zero attached hydrogens (tertiary/aromatic N) is 2. The second-order valence-electron chi connectivity index (χ2n) is 5.75. The number of aliphatic hydroxyl groups is 3. The Kier molecular flexibility index (Phi) is 4.03. The molecule has 2 heterocycles. The van der Waals surface area contributed by atoms with Gasteiger partial charge in [-0.2, -0.15) is 4.98 Å². The first-order valence-electron chi connectivity index (χ1n) is 7.26. The molecule has 2 aromatic rings. The van der Waals surface area contributed by atoms with Gasteiger partial charge >= 0.3 is 5.69 Å². The predicted molar refractivity (Wildman–Crippen MR) is 81.6 cm³/mol. The van der Waals surface area contributed by atoms with Crippen LogP contribution in [0.15, 0.2) is 47.4 Å². The van der Waals surface area contributed by atoms with E-state index in [0.29, 0.717) is 5.69 Å². The third-order valence-corrected chi connectivity index (χ3v) is 4.09. The smallest absolute Gasteiger partial charge is 0.350 e. The standard InChI is InChI=1S/C16H18N2O5/c1-16(22)13(20)12(9-19)23-14(16)18-8-7-11(17-15(18)21)10-5-3-2-4-6-10/h2-8,12-14,19-20,22H,9H2,1H3/t12-,13-,14?,16-/m1/s1. The van der Waals surface area contributed by atoms with Crippen molar-refractivity contribution in [3.63, 3.8) is 0 Å². The molecule has 0 radical (unpaired) electrons. The van der Waals surface area contributed by atoms with Gasteiger partial charge in [0.1, 0.15) is 17.8 Å². The van der Waals surface area contributed by atoms with Crippen LogP contribution in [-0.4, -0.2) is 49.3 Å². The molecule has 0 bridgehead atoms. The Morgan fingerprint density at radius 2 is 2.00 bits per heavy atom. The van der Waals surface area contributed by atoms with Gasteiger partial charge in [-0.05, 0) is 13.0 Å². The van der Waals surface area contributed by atoms with E-state index in [1.807, 2.05) is 30.3 Å². The van der Waals surface area contributed by atoms with Crippen molar-refractivity contribution in [1.82, 2.24) is 9.55 Å². The largest absolute Gasteiger partial charge is 0.394 e. The van der Waals surface area contributed by atoms with Crippen LogP contribution in [0.25, 0.3) is 11.3 Å². The Labute approximate surface area is 132 Å². The molecule has 122 valence electrons. The monoisotopic (exact) mass is 318 g/mol. The van der Waals surface area contributed by atoms with E-state index in [2.05, 4.69) is 4.98 Å². The summed E-state index contributed by atoms with van der Waals surface area (Å²) in [5.41, 5.74) is -1.03. The molecule has 4 atom stereocenters. The topological polar surface area (TPSA) is 105 Å². The molecule has 1 aliphatic heterocycles. The van der Waals surface area contributed by atoms with Crippen LogP contribution < -0.4 is 5.69 Å². The van der Waals surface area contributed by atoms with Crippen LogP contribution in [0.5, 0.6) is 0 Å². The Morgan fingerprint density at radius 1 is 1.30 bits per heavy atom. The van der Waals surface area contributed by atoms with E-state index < -0.39 is 36.3 Å². The van der Waals surface area contributed by atoms with Gasteiger partial charge in [-0.15, -0.1) is 0 Å². The van der Waals surface area contributed by atoms with Crippen LogP contribution in [0.2, 0.25) is 0 Å². The number of hydrogen-bond acceptors (Lipinski definition) is 6. The summed E-state index contributed by atoms with van der Waals surface area (Å²) in [6, 6.07) is 10.9. The number of aromatic nitrogens is 2. The van der Waals surface area contributed by atoms with Crippen molar-refractivity contribution in [3.05, 3.63) is 53.1 Å². The van der Waals surface area contributed by atoms with Gasteiger partial charge in [-0.1, -0.05) is 30.3 Å². The molecule has 7 heteroatoms. The van der Waals surface area contributed by atoms with Crippen molar-refractivity contribution in [2.75, 3.05) is 6.61 Å². The lowest BCUT2D eigenvalue weighted by Crippen LogP contribution is -2.46. The van der Waals surface area contributed by atoms with E-state index in [9.17, 15) is 20.1 Å². The highest BCUT2D eigenvalue weighted by atomic mass is 16.6. The minimum atomic E-state index is -1.72. The fraction of sp³-hybridized carbons (Fsp3) is 0.375. The van der Waals surface area contributed by atoms with E-state index in [4.69, 9.17) is 4.74 Å². The highest BCUT2D eigenvalue weighted by Crippen LogP contribution is 2.37. The summed E-state index contributed by atoms with van der Waals surface area (Å²) in [5, 5.41) is 29.6. The normalized spacial score (nSPS) is 30.5. The van der Waals surface area contributed by atoms with Gasteiger partial charge in [0.2, 0.25) is 0 Å². The van der Waals surface area contributed by atoms with Crippen molar-refractivity contribution in [1.29, 1.82) is 0 Å². The first kappa shape index (κ1) is 15.8. The zero-order chi connectivity index (χ0) is 16.6. The first-order valence-corrected chi connectivity index (χ1v) is 7.26. The van der Waals surface area contributed by atoms with Gasteiger partial charge in [-0.3, -0.25) is 4.57 Å². The third-order valence-electron chi connectivity index (χ3n) is 4.09. The Balaban J connectivity index is 1.97. The average Bonchev–Trinajstić information content (AvgIpc) is 2.78. The number of hydrogen-bond donors (Lipinski definition) is 3. The van der Waals surface area contributed by atoms with Gasteiger partial charge in [0.05, 0.1) is 12.3 Å². The molecule has 0 spiro atoms. The molecule has 3 N–H and O–H groups in total. The molecule has 1 fully saturated rings. The van der Waals surface area contributed by atoms with Gasteiger partial charge < -0.3 is 20.1 Å². The molecule has 1 aliphatic rings. The Hall–Kier alpha value is -2.06. The van der Waals surface area contributed by atoms with E-state index >= 15 is 0 Å². The third kappa shape index (κ3) is 2.68. The van der Waals surface area contributed by atoms with Gasteiger partial charge in [0.15, 0.2) is 6.23 Å². The van der Waals surface area contributed by atoms with Crippen LogP contribution in [0.1, 0.15) is 13.2 Å².